The molecule has 156 valence electrons. The second kappa shape index (κ2) is 7.50. The monoisotopic (exact) mass is 423 g/mol. The minimum absolute atomic E-state index is 0.416. The number of nitrogens with one attached hydrogen (secondary N) is 1. The molecule has 30 heavy (non-hydrogen) atoms. The molecule has 3 aliphatic rings. The average Bonchev–Trinajstić information content (AvgIpc) is 3.34. The Balaban J connectivity index is 1.27. The van der Waals surface area contributed by atoms with Crippen molar-refractivity contribution in [3.8, 4) is 5.69 Å². The van der Waals surface area contributed by atoms with Crippen molar-refractivity contribution in [1.82, 2.24) is 25.0 Å². The highest BCUT2D eigenvalue weighted by atomic mass is 35.5. The van der Waals surface area contributed by atoms with E-state index in [0.29, 0.717) is 25.0 Å². The first-order valence-electron chi connectivity index (χ1n) is 11.1. The topological polar surface area (TPSA) is 68.6 Å². The molecule has 1 aliphatic heterocycles. The van der Waals surface area contributed by atoms with E-state index in [1.165, 1.54) is 36.2 Å². The summed E-state index contributed by atoms with van der Waals surface area (Å²) in [6, 6.07) is 6.01. The molecular formula is C23H26ClN5O. The van der Waals surface area contributed by atoms with E-state index in [1.54, 1.807) is 0 Å². The Morgan fingerprint density at radius 2 is 1.83 bits per heavy atom. The van der Waals surface area contributed by atoms with Gasteiger partial charge in [-0.2, -0.15) is 5.10 Å². The predicted molar refractivity (Wildman–Crippen MR) is 114 cm³/mol. The maximum atomic E-state index is 6.23. The molecule has 0 amide bonds. The van der Waals surface area contributed by atoms with Gasteiger partial charge in [-0.25, -0.2) is 0 Å². The van der Waals surface area contributed by atoms with Crippen LogP contribution in [0.1, 0.15) is 84.5 Å². The Bertz CT molecular complexity index is 1080. The molecule has 3 heterocycles. The largest absolute Gasteiger partial charge is 0.369 e. The van der Waals surface area contributed by atoms with Crippen molar-refractivity contribution in [3.63, 3.8) is 0 Å². The van der Waals surface area contributed by atoms with Crippen molar-refractivity contribution < 1.29 is 4.74 Å². The fourth-order valence-corrected chi connectivity index (χ4v) is 5.75. The molecule has 1 fully saturated rings. The van der Waals surface area contributed by atoms with Gasteiger partial charge in [0.25, 0.3) is 0 Å². The Hall–Kier alpha value is -2.18. The van der Waals surface area contributed by atoms with Crippen LogP contribution in [-0.4, -0.2) is 25.0 Å². The Morgan fingerprint density at radius 3 is 2.73 bits per heavy atom. The molecule has 0 saturated heterocycles. The summed E-state index contributed by atoms with van der Waals surface area (Å²) in [5, 5.41) is 17.9. The van der Waals surface area contributed by atoms with Crippen LogP contribution in [-0.2, 0) is 30.8 Å². The fourth-order valence-electron chi connectivity index (χ4n) is 5.56. The number of fused-ring (bicyclic) bond motifs is 4. The van der Waals surface area contributed by atoms with Gasteiger partial charge >= 0.3 is 0 Å². The minimum Gasteiger partial charge on any atom is -0.369 e. The van der Waals surface area contributed by atoms with E-state index in [9.17, 15) is 0 Å². The summed E-state index contributed by atoms with van der Waals surface area (Å²) in [6.45, 7) is 1.03. The lowest BCUT2D eigenvalue weighted by Gasteiger charge is -2.28. The molecular weight excluding hydrogens is 398 g/mol. The van der Waals surface area contributed by atoms with Gasteiger partial charge in [0.15, 0.2) is 5.82 Å². The molecule has 6 nitrogen and oxygen atoms in total. The standard InChI is InChI=1S/C23H26ClN5O/c24-17-9-10-20-16(11-17)12-30-13-21-26-28-23(29(20)21)15-7-5-14(6-8-15)22-18-3-1-2-4-19(18)25-27-22/h9-11,14-15H,1-8,12-13H2,(H,25,27)/t14-,15-. The SMILES string of the molecule is Clc1ccc2c(c1)COCc1nnc([C@H]3CC[C@H](c4n[nH]c5c4CCCC5)CC3)n1-2. The Labute approximate surface area is 181 Å². The first-order valence-corrected chi connectivity index (χ1v) is 11.5. The lowest BCUT2D eigenvalue weighted by Crippen LogP contribution is -2.18. The second-order valence-electron chi connectivity index (χ2n) is 8.90. The van der Waals surface area contributed by atoms with Gasteiger partial charge in [0.1, 0.15) is 12.4 Å². The molecule has 0 spiro atoms. The van der Waals surface area contributed by atoms with Crippen LogP contribution in [0.4, 0.5) is 0 Å². The summed E-state index contributed by atoms with van der Waals surface area (Å²) in [4.78, 5) is 0. The lowest BCUT2D eigenvalue weighted by molar-refractivity contribution is 0.105. The zero-order valence-corrected chi connectivity index (χ0v) is 17.8. The van der Waals surface area contributed by atoms with E-state index in [-0.39, 0.29) is 0 Å². The molecule has 1 saturated carbocycles. The molecule has 1 aromatic carbocycles. The van der Waals surface area contributed by atoms with Gasteiger partial charge in [-0.1, -0.05) is 11.6 Å². The summed E-state index contributed by atoms with van der Waals surface area (Å²) < 4.78 is 8.05. The number of aromatic nitrogens is 5. The van der Waals surface area contributed by atoms with Crippen molar-refractivity contribution >= 4 is 11.6 Å². The van der Waals surface area contributed by atoms with Gasteiger partial charge < -0.3 is 4.74 Å². The summed E-state index contributed by atoms with van der Waals surface area (Å²) in [7, 11) is 0. The van der Waals surface area contributed by atoms with Gasteiger partial charge in [-0.3, -0.25) is 9.67 Å². The van der Waals surface area contributed by atoms with Crippen molar-refractivity contribution in [2.24, 2.45) is 0 Å². The average molecular weight is 424 g/mol. The van der Waals surface area contributed by atoms with Crippen LogP contribution in [0.15, 0.2) is 18.2 Å². The van der Waals surface area contributed by atoms with E-state index in [1.807, 2.05) is 12.1 Å². The Kier molecular flexibility index (Phi) is 4.65. The first kappa shape index (κ1) is 18.6. The van der Waals surface area contributed by atoms with E-state index >= 15 is 0 Å². The van der Waals surface area contributed by atoms with E-state index in [4.69, 9.17) is 21.4 Å². The number of nitrogens with zero attached hydrogens (tertiary/aromatic N) is 4. The molecule has 0 radical (unpaired) electrons. The van der Waals surface area contributed by atoms with Gasteiger partial charge in [-0.15, -0.1) is 10.2 Å². The van der Waals surface area contributed by atoms with Gasteiger partial charge in [0, 0.05) is 28.1 Å². The van der Waals surface area contributed by atoms with Crippen LogP contribution in [0, 0.1) is 0 Å². The fraction of sp³-hybridized carbons (Fsp3) is 0.522. The lowest BCUT2D eigenvalue weighted by atomic mass is 9.78. The van der Waals surface area contributed by atoms with Crippen LogP contribution in [0.5, 0.6) is 0 Å². The summed E-state index contributed by atoms with van der Waals surface area (Å²) in [6.07, 6.45) is 9.50. The number of hydrogen-bond donors (Lipinski definition) is 1. The highest BCUT2D eigenvalue weighted by Crippen LogP contribution is 2.42. The van der Waals surface area contributed by atoms with Gasteiger partial charge in [-0.05, 0) is 75.1 Å². The third-order valence-electron chi connectivity index (χ3n) is 7.09. The number of ether oxygens (including phenoxy) is 1. The molecule has 0 atom stereocenters. The van der Waals surface area contributed by atoms with Crippen molar-refractivity contribution in [2.75, 3.05) is 0 Å². The van der Waals surface area contributed by atoms with Gasteiger partial charge in [0.05, 0.1) is 18.0 Å². The summed E-state index contributed by atoms with van der Waals surface area (Å²) in [5.41, 5.74) is 6.45. The molecule has 2 aromatic heterocycles. The number of rotatable bonds is 2. The highest BCUT2D eigenvalue weighted by molar-refractivity contribution is 6.30. The third-order valence-corrected chi connectivity index (χ3v) is 7.33. The maximum Gasteiger partial charge on any atom is 0.163 e. The van der Waals surface area contributed by atoms with Crippen LogP contribution in [0.3, 0.4) is 0 Å². The number of aryl methyl sites for hydroxylation is 1. The number of halogens is 1. The highest BCUT2D eigenvalue weighted by Gasteiger charge is 2.32. The van der Waals surface area contributed by atoms with Gasteiger partial charge in [0.2, 0.25) is 0 Å². The molecule has 2 aliphatic carbocycles. The number of aromatic amines is 1. The molecule has 6 rings (SSSR count). The molecule has 0 bridgehead atoms. The molecule has 7 heteroatoms. The van der Waals surface area contributed by atoms with E-state index in [0.717, 1.165) is 60.0 Å². The van der Waals surface area contributed by atoms with E-state index in [2.05, 4.69) is 25.9 Å². The van der Waals surface area contributed by atoms with Crippen LogP contribution < -0.4 is 0 Å². The zero-order chi connectivity index (χ0) is 20.1. The summed E-state index contributed by atoms with van der Waals surface area (Å²) >= 11 is 6.23. The van der Waals surface area contributed by atoms with Crippen LogP contribution in [0.25, 0.3) is 5.69 Å². The molecule has 0 unspecified atom stereocenters. The van der Waals surface area contributed by atoms with Crippen LogP contribution >= 0.6 is 11.6 Å². The summed E-state index contributed by atoms with van der Waals surface area (Å²) in [5.74, 6) is 2.94. The minimum atomic E-state index is 0.416. The first-order chi connectivity index (χ1) is 14.8. The second-order valence-corrected chi connectivity index (χ2v) is 9.33. The number of benzene rings is 1. The molecule has 1 N–H and O–H groups in total. The third kappa shape index (κ3) is 3.08. The number of H-pyrrole nitrogens is 1. The molecule has 3 aromatic rings. The van der Waals surface area contributed by atoms with Crippen molar-refractivity contribution in [1.29, 1.82) is 0 Å². The van der Waals surface area contributed by atoms with E-state index < -0.39 is 0 Å². The smallest absolute Gasteiger partial charge is 0.163 e. The zero-order valence-electron chi connectivity index (χ0n) is 17.0. The number of hydrogen-bond acceptors (Lipinski definition) is 4. The maximum absolute atomic E-state index is 6.23. The van der Waals surface area contributed by atoms with Crippen molar-refractivity contribution in [2.45, 2.75) is 76.4 Å². The van der Waals surface area contributed by atoms with Crippen molar-refractivity contribution in [3.05, 3.63) is 57.4 Å². The Morgan fingerprint density at radius 1 is 1.00 bits per heavy atom. The predicted octanol–water partition coefficient (Wildman–Crippen LogP) is 4.99. The normalized spacial score (nSPS) is 23.4. The van der Waals surface area contributed by atoms with Crippen LogP contribution in [0.2, 0.25) is 5.02 Å². The quantitative estimate of drug-likeness (QED) is 0.630.